The van der Waals surface area contributed by atoms with Gasteiger partial charge in [0.2, 0.25) is 11.7 Å². The lowest BCUT2D eigenvalue weighted by Gasteiger charge is -2.13. The molecule has 2 heterocycles. The number of amides is 1. The van der Waals surface area contributed by atoms with Gasteiger partial charge in [0.1, 0.15) is 0 Å². The molecule has 25 heavy (non-hydrogen) atoms. The number of hydrogen-bond donors (Lipinski definition) is 1. The monoisotopic (exact) mass is 338 g/mol. The predicted octanol–water partition coefficient (Wildman–Crippen LogP) is 3.48. The molecule has 0 radical (unpaired) electrons. The van der Waals surface area contributed by atoms with Gasteiger partial charge < -0.3 is 14.6 Å². The Morgan fingerprint density at radius 3 is 2.80 bits per heavy atom. The van der Waals surface area contributed by atoms with Crippen LogP contribution >= 0.6 is 0 Å². The zero-order chi connectivity index (χ0) is 17.8. The zero-order valence-corrected chi connectivity index (χ0v) is 14.2. The highest BCUT2D eigenvalue weighted by atomic mass is 16.5. The highest BCUT2D eigenvalue weighted by molar-refractivity contribution is 6.04. The van der Waals surface area contributed by atoms with E-state index in [1.54, 1.807) is 43.5 Å². The molecule has 128 valence electrons. The first-order chi connectivity index (χ1) is 12.0. The SMILES string of the molecule is Cc1nc(-c2cccc(NC(=O)c3ncccc3OC(C)C)c2)no1. The van der Waals surface area contributed by atoms with Crippen LogP contribution in [0.5, 0.6) is 5.75 Å². The molecule has 0 bridgehead atoms. The largest absolute Gasteiger partial charge is 0.489 e. The topological polar surface area (TPSA) is 90.1 Å². The van der Waals surface area contributed by atoms with Crippen molar-refractivity contribution in [2.45, 2.75) is 26.9 Å². The Kier molecular flexibility index (Phi) is 4.74. The molecule has 2 aromatic heterocycles. The van der Waals surface area contributed by atoms with E-state index in [1.165, 1.54) is 0 Å². The number of anilines is 1. The second-order valence-corrected chi connectivity index (χ2v) is 5.69. The van der Waals surface area contributed by atoms with Gasteiger partial charge in [-0.3, -0.25) is 4.79 Å². The lowest BCUT2D eigenvalue weighted by atomic mass is 10.2. The molecule has 1 aromatic carbocycles. The van der Waals surface area contributed by atoms with Crippen molar-refractivity contribution >= 4 is 11.6 Å². The third kappa shape index (κ3) is 4.00. The van der Waals surface area contributed by atoms with Crippen molar-refractivity contribution in [2.24, 2.45) is 0 Å². The van der Waals surface area contributed by atoms with Crippen molar-refractivity contribution in [3.63, 3.8) is 0 Å². The lowest BCUT2D eigenvalue weighted by molar-refractivity contribution is 0.101. The molecule has 0 aliphatic carbocycles. The van der Waals surface area contributed by atoms with Crippen LogP contribution in [-0.4, -0.2) is 27.1 Å². The summed E-state index contributed by atoms with van der Waals surface area (Å²) in [6, 6.07) is 10.6. The summed E-state index contributed by atoms with van der Waals surface area (Å²) < 4.78 is 10.6. The minimum atomic E-state index is -0.349. The molecule has 3 aromatic rings. The lowest BCUT2D eigenvalue weighted by Crippen LogP contribution is -2.17. The number of hydrogen-bond acceptors (Lipinski definition) is 6. The summed E-state index contributed by atoms with van der Waals surface area (Å²) in [5.41, 5.74) is 1.58. The van der Waals surface area contributed by atoms with E-state index in [9.17, 15) is 4.79 Å². The predicted molar refractivity (Wildman–Crippen MR) is 92.4 cm³/mol. The first-order valence-corrected chi connectivity index (χ1v) is 7.86. The van der Waals surface area contributed by atoms with Crippen LogP contribution < -0.4 is 10.1 Å². The van der Waals surface area contributed by atoms with Gasteiger partial charge in [0, 0.05) is 24.4 Å². The number of rotatable bonds is 5. The maximum absolute atomic E-state index is 12.6. The number of aromatic nitrogens is 3. The van der Waals surface area contributed by atoms with E-state index in [0.717, 1.165) is 5.56 Å². The number of carbonyl (C=O) groups excluding carboxylic acids is 1. The van der Waals surface area contributed by atoms with Crippen molar-refractivity contribution in [3.05, 3.63) is 54.2 Å². The highest BCUT2D eigenvalue weighted by Crippen LogP contribution is 2.22. The molecular weight excluding hydrogens is 320 g/mol. The van der Waals surface area contributed by atoms with E-state index in [2.05, 4.69) is 20.4 Å². The van der Waals surface area contributed by atoms with Crippen molar-refractivity contribution in [2.75, 3.05) is 5.32 Å². The van der Waals surface area contributed by atoms with Crippen molar-refractivity contribution < 1.29 is 14.1 Å². The Balaban J connectivity index is 1.82. The Labute approximate surface area is 145 Å². The standard InChI is InChI=1S/C18H18N4O3/c1-11(2)24-15-8-5-9-19-16(15)18(23)21-14-7-4-6-13(10-14)17-20-12(3)25-22-17/h4-11H,1-3H3,(H,21,23). The molecule has 0 atom stereocenters. The third-order valence-corrected chi connectivity index (χ3v) is 3.25. The maximum atomic E-state index is 12.6. The average Bonchev–Trinajstić information content (AvgIpc) is 3.01. The van der Waals surface area contributed by atoms with Gasteiger partial charge in [-0.15, -0.1) is 0 Å². The molecule has 0 saturated heterocycles. The van der Waals surface area contributed by atoms with Gasteiger partial charge in [-0.2, -0.15) is 4.98 Å². The molecule has 0 aliphatic rings. The van der Waals surface area contributed by atoms with E-state index in [1.807, 2.05) is 19.9 Å². The maximum Gasteiger partial charge on any atom is 0.278 e. The minimum absolute atomic E-state index is 0.0550. The zero-order valence-electron chi connectivity index (χ0n) is 14.2. The molecule has 1 amide bonds. The Morgan fingerprint density at radius 1 is 1.24 bits per heavy atom. The number of benzene rings is 1. The van der Waals surface area contributed by atoms with Crippen LogP contribution in [0.1, 0.15) is 30.2 Å². The van der Waals surface area contributed by atoms with Crippen LogP contribution in [0.3, 0.4) is 0 Å². The van der Waals surface area contributed by atoms with Crippen LogP contribution in [-0.2, 0) is 0 Å². The van der Waals surface area contributed by atoms with E-state index in [4.69, 9.17) is 9.26 Å². The van der Waals surface area contributed by atoms with Gasteiger partial charge in [-0.05, 0) is 38.1 Å². The molecule has 7 nitrogen and oxygen atoms in total. The number of pyridine rings is 1. The van der Waals surface area contributed by atoms with Gasteiger partial charge in [0.05, 0.1) is 6.10 Å². The summed E-state index contributed by atoms with van der Waals surface area (Å²) in [7, 11) is 0. The smallest absolute Gasteiger partial charge is 0.278 e. The summed E-state index contributed by atoms with van der Waals surface area (Å²) in [5.74, 6) is 1.04. The van der Waals surface area contributed by atoms with E-state index >= 15 is 0 Å². The molecule has 7 heteroatoms. The second-order valence-electron chi connectivity index (χ2n) is 5.69. The minimum Gasteiger partial charge on any atom is -0.489 e. The van der Waals surface area contributed by atoms with Crippen LogP contribution in [0.4, 0.5) is 5.69 Å². The van der Waals surface area contributed by atoms with Crippen LogP contribution in [0.15, 0.2) is 47.1 Å². The quantitative estimate of drug-likeness (QED) is 0.766. The average molecular weight is 338 g/mol. The number of carbonyl (C=O) groups is 1. The Morgan fingerprint density at radius 2 is 2.08 bits per heavy atom. The molecule has 0 aliphatic heterocycles. The van der Waals surface area contributed by atoms with Gasteiger partial charge in [-0.1, -0.05) is 17.3 Å². The van der Waals surface area contributed by atoms with E-state index in [-0.39, 0.29) is 17.7 Å². The van der Waals surface area contributed by atoms with Crippen molar-refractivity contribution in [3.8, 4) is 17.1 Å². The molecule has 0 unspecified atom stereocenters. The first-order valence-electron chi connectivity index (χ1n) is 7.86. The number of nitrogens with one attached hydrogen (secondary N) is 1. The van der Waals surface area contributed by atoms with Gasteiger partial charge in [0.15, 0.2) is 11.4 Å². The van der Waals surface area contributed by atoms with Crippen LogP contribution in [0, 0.1) is 6.92 Å². The normalized spacial score (nSPS) is 10.7. The summed E-state index contributed by atoms with van der Waals surface area (Å²) >= 11 is 0. The summed E-state index contributed by atoms with van der Waals surface area (Å²) in [6.07, 6.45) is 1.50. The van der Waals surface area contributed by atoms with Crippen molar-refractivity contribution in [1.82, 2.24) is 15.1 Å². The van der Waals surface area contributed by atoms with Crippen LogP contribution in [0.25, 0.3) is 11.4 Å². The molecular formula is C18H18N4O3. The summed E-state index contributed by atoms with van der Waals surface area (Å²) in [6.45, 7) is 5.51. The second kappa shape index (κ2) is 7.12. The highest BCUT2D eigenvalue weighted by Gasteiger charge is 2.16. The van der Waals surface area contributed by atoms with Gasteiger partial charge in [-0.25, -0.2) is 4.98 Å². The number of nitrogens with zero attached hydrogens (tertiary/aromatic N) is 3. The summed E-state index contributed by atoms with van der Waals surface area (Å²) in [4.78, 5) is 20.9. The molecule has 0 fully saturated rings. The molecule has 0 saturated carbocycles. The molecule has 3 rings (SSSR count). The Hall–Kier alpha value is -3.22. The molecule has 1 N–H and O–H groups in total. The van der Waals surface area contributed by atoms with Gasteiger partial charge in [0.25, 0.3) is 5.91 Å². The third-order valence-electron chi connectivity index (χ3n) is 3.25. The fourth-order valence-corrected chi connectivity index (χ4v) is 2.25. The molecule has 0 spiro atoms. The van der Waals surface area contributed by atoms with E-state index in [0.29, 0.717) is 23.2 Å². The number of aryl methyl sites for hydroxylation is 1. The van der Waals surface area contributed by atoms with Crippen molar-refractivity contribution in [1.29, 1.82) is 0 Å². The Bertz CT molecular complexity index is 889. The fraction of sp³-hybridized carbons (Fsp3) is 0.222. The van der Waals surface area contributed by atoms with Gasteiger partial charge >= 0.3 is 0 Å². The fourth-order valence-electron chi connectivity index (χ4n) is 2.25. The summed E-state index contributed by atoms with van der Waals surface area (Å²) in [5, 5.41) is 6.70. The van der Waals surface area contributed by atoms with Crippen LogP contribution in [0.2, 0.25) is 0 Å². The first kappa shape index (κ1) is 16.6. The van der Waals surface area contributed by atoms with E-state index < -0.39 is 0 Å². The number of ether oxygens (including phenoxy) is 1.